The standard InChI is InChI=1S/C11H11N3O2S/c1-5(2)13-11-6(4-12)9-10(17-11)7(15)3-8(16)14-9/h3,5,13H,1-2H3,(H2,14,15,16). The second-order valence-corrected chi connectivity index (χ2v) is 4.96. The Hall–Kier alpha value is -2.00. The summed E-state index contributed by atoms with van der Waals surface area (Å²) in [5, 5.41) is 22.6. The molecule has 0 amide bonds. The molecule has 0 bridgehead atoms. The highest BCUT2D eigenvalue weighted by Crippen LogP contribution is 2.38. The Morgan fingerprint density at radius 1 is 1.59 bits per heavy atom. The number of nitriles is 1. The number of hydrogen-bond donors (Lipinski definition) is 3. The smallest absolute Gasteiger partial charge is 0.252 e. The molecule has 5 nitrogen and oxygen atoms in total. The van der Waals surface area contributed by atoms with Crippen LogP contribution in [0.3, 0.4) is 0 Å². The zero-order chi connectivity index (χ0) is 12.6. The first kappa shape index (κ1) is 11.5. The first-order valence-corrected chi connectivity index (χ1v) is 5.90. The molecule has 3 N–H and O–H groups in total. The molecule has 88 valence electrons. The van der Waals surface area contributed by atoms with Crippen molar-refractivity contribution in [2.24, 2.45) is 0 Å². The van der Waals surface area contributed by atoms with Gasteiger partial charge in [-0.3, -0.25) is 4.79 Å². The summed E-state index contributed by atoms with van der Waals surface area (Å²) in [5.41, 5.74) is 0.345. The zero-order valence-electron chi connectivity index (χ0n) is 9.37. The summed E-state index contributed by atoms with van der Waals surface area (Å²) in [4.78, 5) is 13.8. The Bertz CT molecular complexity index is 664. The van der Waals surface area contributed by atoms with Gasteiger partial charge >= 0.3 is 0 Å². The van der Waals surface area contributed by atoms with E-state index < -0.39 is 5.56 Å². The number of nitrogens with zero attached hydrogens (tertiary/aromatic N) is 1. The van der Waals surface area contributed by atoms with Crippen LogP contribution in [-0.2, 0) is 0 Å². The molecule has 2 heterocycles. The van der Waals surface area contributed by atoms with Crippen molar-refractivity contribution in [1.29, 1.82) is 5.26 Å². The van der Waals surface area contributed by atoms with Crippen LogP contribution in [0.15, 0.2) is 10.9 Å². The molecular weight excluding hydrogens is 238 g/mol. The summed E-state index contributed by atoms with van der Waals surface area (Å²) in [6, 6.07) is 3.33. The summed E-state index contributed by atoms with van der Waals surface area (Å²) in [5.74, 6) is -0.0953. The van der Waals surface area contributed by atoms with E-state index in [0.29, 0.717) is 20.8 Å². The fourth-order valence-electron chi connectivity index (χ4n) is 1.55. The zero-order valence-corrected chi connectivity index (χ0v) is 10.2. The number of fused-ring (bicyclic) bond motifs is 1. The number of aromatic hydroxyl groups is 1. The van der Waals surface area contributed by atoms with Crippen LogP contribution >= 0.6 is 11.3 Å². The van der Waals surface area contributed by atoms with Gasteiger partial charge < -0.3 is 15.4 Å². The number of pyridine rings is 1. The summed E-state index contributed by atoms with van der Waals surface area (Å²) < 4.78 is 0.518. The van der Waals surface area contributed by atoms with E-state index in [1.165, 1.54) is 11.3 Å². The normalized spacial score (nSPS) is 10.7. The summed E-state index contributed by atoms with van der Waals surface area (Å²) >= 11 is 1.26. The number of aromatic amines is 1. The minimum Gasteiger partial charge on any atom is -0.506 e. The van der Waals surface area contributed by atoms with Crippen LogP contribution in [-0.4, -0.2) is 16.1 Å². The van der Waals surface area contributed by atoms with Gasteiger partial charge in [-0.2, -0.15) is 5.26 Å². The molecule has 0 aliphatic heterocycles. The average Bonchev–Trinajstić information content (AvgIpc) is 2.54. The van der Waals surface area contributed by atoms with Crippen LogP contribution in [0.5, 0.6) is 5.75 Å². The number of anilines is 1. The molecule has 0 aromatic carbocycles. The highest BCUT2D eigenvalue weighted by atomic mass is 32.1. The number of aromatic nitrogens is 1. The molecule has 0 atom stereocenters. The first-order chi connectivity index (χ1) is 8.02. The molecule has 2 aromatic heterocycles. The minimum absolute atomic E-state index is 0.0953. The summed E-state index contributed by atoms with van der Waals surface area (Å²) in [6.07, 6.45) is 0. The van der Waals surface area contributed by atoms with Gasteiger partial charge in [0.1, 0.15) is 22.4 Å². The Balaban J connectivity index is 2.76. The van der Waals surface area contributed by atoms with E-state index in [1.54, 1.807) is 0 Å². The van der Waals surface area contributed by atoms with Crippen LogP contribution in [0.25, 0.3) is 10.2 Å². The molecule has 0 spiro atoms. The molecule has 0 aliphatic rings. The van der Waals surface area contributed by atoms with Crippen molar-refractivity contribution >= 4 is 26.6 Å². The van der Waals surface area contributed by atoms with E-state index in [2.05, 4.69) is 10.3 Å². The van der Waals surface area contributed by atoms with Crippen LogP contribution in [0.1, 0.15) is 19.4 Å². The maximum Gasteiger partial charge on any atom is 0.252 e. The monoisotopic (exact) mass is 249 g/mol. The Labute approximate surface area is 101 Å². The van der Waals surface area contributed by atoms with Crippen LogP contribution in [0.4, 0.5) is 5.00 Å². The molecule has 2 rings (SSSR count). The third-order valence-corrected chi connectivity index (χ3v) is 3.33. The van der Waals surface area contributed by atoms with Gasteiger partial charge in [0.15, 0.2) is 0 Å². The van der Waals surface area contributed by atoms with Crippen molar-refractivity contribution in [3.63, 3.8) is 0 Å². The lowest BCUT2D eigenvalue weighted by atomic mass is 10.2. The second kappa shape index (κ2) is 4.11. The molecule has 6 heteroatoms. The molecule has 0 saturated heterocycles. The van der Waals surface area contributed by atoms with E-state index in [1.807, 2.05) is 19.9 Å². The SMILES string of the molecule is CC(C)Nc1sc2c(O)cc(=O)[nH]c2c1C#N. The fourth-order valence-corrected chi connectivity index (χ4v) is 2.72. The largest absolute Gasteiger partial charge is 0.506 e. The van der Waals surface area contributed by atoms with E-state index in [0.717, 1.165) is 6.07 Å². The van der Waals surface area contributed by atoms with Gasteiger partial charge in [0.05, 0.1) is 10.2 Å². The van der Waals surface area contributed by atoms with E-state index in [9.17, 15) is 9.90 Å². The van der Waals surface area contributed by atoms with Gasteiger partial charge in [-0.15, -0.1) is 11.3 Å². The Morgan fingerprint density at radius 2 is 2.29 bits per heavy atom. The van der Waals surface area contributed by atoms with Gasteiger partial charge in [-0.25, -0.2) is 0 Å². The first-order valence-electron chi connectivity index (χ1n) is 5.08. The number of rotatable bonds is 2. The lowest BCUT2D eigenvalue weighted by Crippen LogP contribution is -2.09. The predicted molar refractivity (Wildman–Crippen MR) is 67.6 cm³/mol. The number of H-pyrrole nitrogens is 1. The van der Waals surface area contributed by atoms with Gasteiger partial charge in [-0.05, 0) is 13.8 Å². The molecule has 0 radical (unpaired) electrons. The van der Waals surface area contributed by atoms with Crippen molar-refractivity contribution in [2.45, 2.75) is 19.9 Å². The average molecular weight is 249 g/mol. The fraction of sp³-hybridized carbons (Fsp3) is 0.273. The molecular formula is C11H11N3O2S. The lowest BCUT2D eigenvalue weighted by Gasteiger charge is -2.06. The number of thiophene rings is 1. The Kier molecular flexibility index (Phi) is 2.77. The third-order valence-electron chi connectivity index (χ3n) is 2.19. The maximum absolute atomic E-state index is 11.3. The Morgan fingerprint density at radius 3 is 2.88 bits per heavy atom. The number of hydrogen-bond acceptors (Lipinski definition) is 5. The van der Waals surface area contributed by atoms with Crippen LogP contribution in [0.2, 0.25) is 0 Å². The molecule has 2 aromatic rings. The van der Waals surface area contributed by atoms with Crippen LogP contribution in [0, 0.1) is 11.3 Å². The molecule has 17 heavy (non-hydrogen) atoms. The minimum atomic E-state index is -0.416. The van der Waals surface area contributed by atoms with Gasteiger partial charge in [0, 0.05) is 12.1 Å². The third kappa shape index (κ3) is 1.97. The highest BCUT2D eigenvalue weighted by Gasteiger charge is 2.16. The van der Waals surface area contributed by atoms with Crippen molar-refractivity contribution in [3.8, 4) is 11.8 Å². The van der Waals surface area contributed by atoms with E-state index >= 15 is 0 Å². The van der Waals surface area contributed by atoms with Crippen molar-refractivity contribution < 1.29 is 5.11 Å². The van der Waals surface area contributed by atoms with Crippen LogP contribution < -0.4 is 10.9 Å². The summed E-state index contributed by atoms with van der Waals surface area (Å²) in [7, 11) is 0. The van der Waals surface area contributed by atoms with Gasteiger partial charge in [0.2, 0.25) is 0 Å². The van der Waals surface area contributed by atoms with Crippen molar-refractivity contribution in [2.75, 3.05) is 5.32 Å². The number of nitrogens with one attached hydrogen (secondary N) is 2. The van der Waals surface area contributed by atoms with Gasteiger partial charge in [0.25, 0.3) is 5.56 Å². The van der Waals surface area contributed by atoms with Crippen molar-refractivity contribution in [1.82, 2.24) is 4.98 Å². The molecule has 0 fully saturated rings. The second-order valence-electron chi connectivity index (χ2n) is 3.94. The van der Waals surface area contributed by atoms with Crippen molar-refractivity contribution in [3.05, 3.63) is 22.0 Å². The summed E-state index contributed by atoms with van der Waals surface area (Å²) in [6.45, 7) is 3.91. The van der Waals surface area contributed by atoms with E-state index in [4.69, 9.17) is 5.26 Å². The lowest BCUT2D eigenvalue weighted by molar-refractivity contribution is 0.481. The van der Waals surface area contributed by atoms with Gasteiger partial charge in [-0.1, -0.05) is 0 Å². The topological polar surface area (TPSA) is 88.9 Å². The molecule has 0 saturated carbocycles. The molecule has 0 unspecified atom stereocenters. The maximum atomic E-state index is 11.3. The molecule has 0 aliphatic carbocycles. The van der Waals surface area contributed by atoms with E-state index in [-0.39, 0.29) is 11.8 Å². The highest BCUT2D eigenvalue weighted by molar-refractivity contribution is 7.23. The quantitative estimate of drug-likeness (QED) is 0.759. The predicted octanol–water partition coefficient (Wildman–Crippen LogP) is 1.99.